The quantitative estimate of drug-likeness (QED) is 0.319. The van der Waals surface area contributed by atoms with Gasteiger partial charge in [-0.05, 0) is 32.7 Å². The molecular weight excluding hydrogens is 220 g/mol. The van der Waals surface area contributed by atoms with Gasteiger partial charge in [0.1, 0.15) is 0 Å². The first-order chi connectivity index (χ1) is 7.91. The van der Waals surface area contributed by atoms with Crippen LogP contribution in [-0.4, -0.2) is 41.6 Å². The smallest absolute Gasteiger partial charge is 0.320 e. The van der Waals surface area contributed by atoms with Gasteiger partial charge in [0.2, 0.25) is 0 Å². The maximum Gasteiger partial charge on any atom is 0.320 e. The van der Waals surface area contributed by atoms with E-state index in [0.717, 1.165) is 6.42 Å². The second-order valence-corrected chi connectivity index (χ2v) is 4.96. The molecule has 0 bridgehead atoms. The Morgan fingerprint density at radius 3 is 2.53 bits per heavy atom. The van der Waals surface area contributed by atoms with E-state index < -0.39 is 11.5 Å². The van der Waals surface area contributed by atoms with Gasteiger partial charge in [0.25, 0.3) is 0 Å². The number of ether oxygens (including phenoxy) is 1. The van der Waals surface area contributed by atoms with Crippen LogP contribution in [0.2, 0.25) is 0 Å². The average Bonchev–Trinajstić information content (AvgIpc) is 2.22. The van der Waals surface area contributed by atoms with Crippen molar-refractivity contribution in [1.29, 1.82) is 0 Å². The summed E-state index contributed by atoms with van der Waals surface area (Å²) in [5.74, 6) is -0.416. The standard InChI is InChI=1S/C11H20N4O2/c1-5-10(3,4)15-7-11(8-15,13-14-12)9(16)17-6-2/h5-8H2,1-4H3. The molecular formula is C11H20N4O2. The fourth-order valence-electron chi connectivity index (χ4n) is 1.82. The van der Waals surface area contributed by atoms with E-state index in [4.69, 9.17) is 10.3 Å². The van der Waals surface area contributed by atoms with Crippen LogP contribution in [0.25, 0.3) is 10.4 Å². The van der Waals surface area contributed by atoms with E-state index >= 15 is 0 Å². The Morgan fingerprint density at radius 1 is 1.53 bits per heavy atom. The molecule has 0 unspecified atom stereocenters. The Morgan fingerprint density at radius 2 is 2.12 bits per heavy atom. The van der Waals surface area contributed by atoms with E-state index in [1.165, 1.54) is 0 Å². The zero-order valence-corrected chi connectivity index (χ0v) is 10.9. The van der Waals surface area contributed by atoms with E-state index in [0.29, 0.717) is 19.7 Å². The summed E-state index contributed by atoms with van der Waals surface area (Å²) in [7, 11) is 0. The number of carbonyl (C=O) groups excluding carboxylic acids is 1. The van der Waals surface area contributed by atoms with Crippen molar-refractivity contribution in [3.05, 3.63) is 10.4 Å². The Bertz CT molecular complexity index is 341. The van der Waals surface area contributed by atoms with Crippen LogP contribution >= 0.6 is 0 Å². The summed E-state index contributed by atoms with van der Waals surface area (Å²) in [6.07, 6.45) is 0.974. The second-order valence-electron chi connectivity index (χ2n) is 4.96. The predicted molar refractivity (Wildman–Crippen MR) is 64.5 cm³/mol. The molecule has 0 atom stereocenters. The Balaban J connectivity index is 2.76. The molecule has 0 aliphatic carbocycles. The maximum atomic E-state index is 11.8. The molecule has 1 heterocycles. The summed E-state index contributed by atoms with van der Waals surface area (Å²) in [4.78, 5) is 16.7. The lowest BCUT2D eigenvalue weighted by Crippen LogP contribution is -2.70. The summed E-state index contributed by atoms with van der Waals surface area (Å²) in [5.41, 5.74) is 7.56. The number of hydrogen-bond donors (Lipinski definition) is 0. The van der Waals surface area contributed by atoms with E-state index in [-0.39, 0.29) is 5.54 Å². The van der Waals surface area contributed by atoms with Crippen LogP contribution < -0.4 is 0 Å². The topological polar surface area (TPSA) is 78.3 Å². The molecule has 0 aromatic carbocycles. The highest BCUT2D eigenvalue weighted by molar-refractivity contribution is 5.83. The summed E-state index contributed by atoms with van der Waals surface area (Å²) in [5, 5.41) is 3.64. The molecule has 0 radical (unpaired) electrons. The fraction of sp³-hybridized carbons (Fsp3) is 0.909. The molecule has 1 aliphatic heterocycles. The molecule has 1 fully saturated rings. The first kappa shape index (κ1) is 13.8. The third-order valence-corrected chi connectivity index (χ3v) is 3.52. The van der Waals surface area contributed by atoms with Crippen molar-refractivity contribution in [2.24, 2.45) is 5.11 Å². The molecule has 0 amide bonds. The average molecular weight is 240 g/mol. The molecule has 1 saturated heterocycles. The summed E-state index contributed by atoms with van der Waals surface area (Å²) in [6, 6.07) is 0. The van der Waals surface area contributed by atoms with Crippen LogP contribution in [0, 0.1) is 0 Å². The summed E-state index contributed by atoms with van der Waals surface area (Å²) < 4.78 is 4.97. The van der Waals surface area contributed by atoms with Crippen molar-refractivity contribution in [3.63, 3.8) is 0 Å². The van der Waals surface area contributed by atoms with Gasteiger partial charge < -0.3 is 4.74 Å². The SMILES string of the molecule is CCOC(=O)C1(N=[N+]=[N-])CN(C(C)(C)CC)C1. The van der Waals surface area contributed by atoms with Gasteiger partial charge in [0, 0.05) is 23.5 Å². The van der Waals surface area contributed by atoms with Gasteiger partial charge in [-0.2, -0.15) is 0 Å². The summed E-state index contributed by atoms with van der Waals surface area (Å²) >= 11 is 0. The molecule has 0 saturated carbocycles. The van der Waals surface area contributed by atoms with E-state index in [2.05, 4.69) is 35.7 Å². The zero-order valence-electron chi connectivity index (χ0n) is 10.9. The van der Waals surface area contributed by atoms with Crippen LogP contribution in [0.5, 0.6) is 0 Å². The lowest BCUT2D eigenvalue weighted by molar-refractivity contribution is -0.160. The van der Waals surface area contributed by atoms with Crippen molar-refractivity contribution in [1.82, 2.24) is 4.90 Å². The van der Waals surface area contributed by atoms with Crippen molar-refractivity contribution >= 4 is 5.97 Å². The number of esters is 1. The third kappa shape index (κ3) is 2.53. The van der Waals surface area contributed by atoms with Crippen LogP contribution in [0.4, 0.5) is 0 Å². The van der Waals surface area contributed by atoms with Crippen LogP contribution in [-0.2, 0) is 9.53 Å². The highest BCUT2D eigenvalue weighted by atomic mass is 16.5. The van der Waals surface area contributed by atoms with Gasteiger partial charge in [-0.15, -0.1) is 0 Å². The molecule has 0 N–H and O–H groups in total. The monoisotopic (exact) mass is 240 g/mol. The normalized spacial score (nSPS) is 19.1. The minimum absolute atomic E-state index is 0.0149. The molecule has 1 rings (SSSR count). The minimum Gasteiger partial charge on any atom is -0.465 e. The number of carbonyl (C=O) groups is 1. The van der Waals surface area contributed by atoms with Crippen LogP contribution in [0.1, 0.15) is 34.1 Å². The first-order valence-corrected chi connectivity index (χ1v) is 5.90. The van der Waals surface area contributed by atoms with Crippen molar-refractivity contribution in [3.8, 4) is 0 Å². The Kier molecular flexibility index (Phi) is 4.01. The molecule has 0 aromatic heterocycles. The number of rotatable bonds is 5. The molecule has 1 aliphatic rings. The fourth-order valence-corrected chi connectivity index (χ4v) is 1.82. The molecule has 0 spiro atoms. The van der Waals surface area contributed by atoms with Crippen molar-refractivity contribution in [2.75, 3.05) is 19.7 Å². The second kappa shape index (κ2) is 4.94. The number of likely N-dealkylation sites (tertiary alicyclic amines) is 1. The highest BCUT2D eigenvalue weighted by Crippen LogP contribution is 2.34. The number of azide groups is 1. The van der Waals surface area contributed by atoms with Crippen LogP contribution in [0.3, 0.4) is 0 Å². The Labute approximate surface area is 102 Å². The van der Waals surface area contributed by atoms with E-state index in [1.807, 2.05) is 0 Å². The van der Waals surface area contributed by atoms with Gasteiger partial charge in [-0.1, -0.05) is 12.0 Å². The zero-order chi connectivity index (χ0) is 13.1. The number of nitrogens with zero attached hydrogens (tertiary/aromatic N) is 4. The van der Waals surface area contributed by atoms with Crippen molar-refractivity contribution < 1.29 is 9.53 Å². The lowest BCUT2D eigenvalue weighted by atomic mass is 9.84. The predicted octanol–water partition coefficient (Wildman–Crippen LogP) is 2.10. The first-order valence-electron chi connectivity index (χ1n) is 5.90. The van der Waals surface area contributed by atoms with Crippen molar-refractivity contribution in [2.45, 2.75) is 45.2 Å². The molecule has 6 nitrogen and oxygen atoms in total. The van der Waals surface area contributed by atoms with Gasteiger partial charge in [0.05, 0.1) is 6.61 Å². The lowest BCUT2D eigenvalue weighted by Gasteiger charge is -2.52. The molecule has 17 heavy (non-hydrogen) atoms. The Hall–Kier alpha value is -1.26. The maximum absolute atomic E-state index is 11.8. The number of hydrogen-bond acceptors (Lipinski definition) is 4. The van der Waals surface area contributed by atoms with Crippen LogP contribution in [0.15, 0.2) is 5.11 Å². The van der Waals surface area contributed by atoms with E-state index in [9.17, 15) is 4.79 Å². The molecule has 6 heteroatoms. The van der Waals surface area contributed by atoms with Gasteiger partial charge in [-0.3, -0.25) is 9.69 Å². The minimum atomic E-state index is -1.02. The van der Waals surface area contributed by atoms with E-state index in [1.54, 1.807) is 6.92 Å². The molecule has 0 aromatic rings. The third-order valence-electron chi connectivity index (χ3n) is 3.52. The van der Waals surface area contributed by atoms with Gasteiger partial charge in [0.15, 0.2) is 5.54 Å². The van der Waals surface area contributed by atoms with Gasteiger partial charge >= 0.3 is 5.97 Å². The largest absolute Gasteiger partial charge is 0.465 e. The summed E-state index contributed by atoms with van der Waals surface area (Å²) in [6.45, 7) is 9.24. The highest BCUT2D eigenvalue weighted by Gasteiger charge is 2.53. The molecule has 96 valence electrons. The van der Waals surface area contributed by atoms with Gasteiger partial charge in [-0.25, -0.2) is 0 Å².